The first-order valence-electron chi connectivity index (χ1n) is 4.60. The summed E-state index contributed by atoms with van der Waals surface area (Å²) in [5, 5.41) is 10.8. The molecule has 0 saturated heterocycles. The molecule has 0 saturated carbocycles. The first-order valence-corrected chi connectivity index (χ1v) is 4.60. The summed E-state index contributed by atoms with van der Waals surface area (Å²) in [6, 6.07) is 0.275. The molecule has 1 aromatic carbocycles. The monoisotopic (exact) mass is 263 g/mol. The van der Waals surface area contributed by atoms with Gasteiger partial charge in [0.25, 0.3) is 5.91 Å². The molecule has 1 aromatic rings. The third-order valence-electron chi connectivity index (χ3n) is 2.00. The van der Waals surface area contributed by atoms with Gasteiger partial charge in [0, 0.05) is 0 Å². The van der Waals surface area contributed by atoms with Crippen LogP contribution in [-0.2, 0) is 9.53 Å². The Hall–Kier alpha value is -2.25. The van der Waals surface area contributed by atoms with E-state index in [2.05, 4.69) is 4.74 Å². The van der Waals surface area contributed by atoms with Crippen LogP contribution in [-0.4, -0.2) is 30.6 Å². The van der Waals surface area contributed by atoms with E-state index in [9.17, 15) is 22.8 Å². The van der Waals surface area contributed by atoms with Gasteiger partial charge in [0.15, 0.2) is 17.4 Å². The summed E-state index contributed by atoms with van der Waals surface area (Å²) < 4.78 is 43.1. The van der Waals surface area contributed by atoms with E-state index in [4.69, 9.17) is 5.11 Å². The Morgan fingerprint density at radius 2 is 1.94 bits per heavy atom. The standard InChI is InChI=1S/C10H8F3NO4/c1-18-6(15)3-14-10(17)4-2-5(11)8(13)9(16)7(4)12/h2,16H,3H2,1H3,(H,14,17). The Bertz CT molecular complexity index is 504. The molecular weight excluding hydrogens is 255 g/mol. The Labute approximate surface area is 99.2 Å². The molecule has 0 spiro atoms. The quantitative estimate of drug-likeness (QED) is 0.622. The third-order valence-corrected chi connectivity index (χ3v) is 2.00. The van der Waals surface area contributed by atoms with Crippen molar-refractivity contribution in [3.63, 3.8) is 0 Å². The minimum Gasteiger partial charge on any atom is -0.503 e. The first kappa shape index (κ1) is 13.8. The molecule has 2 N–H and O–H groups in total. The second-order valence-electron chi connectivity index (χ2n) is 3.14. The van der Waals surface area contributed by atoms with Gasteiger partial charge < -0.3 is 15.2 Å². The lowest BCUT2D eigenvalue weighted by atomic mass is 10.1. The number of benzene rings is 1. The van der Waals surface area contributed by atoms with Crippen molar-refractivity contribution >= 4 is 11.9 Å². The summed E-state index contributed by atoms with van der Waals surface area (Å²) in [6.45, 7) is -0.575. The predicted molar refractivity (Wildman–Crippen MR) is 52.3 cm³/mol. The number of hydrogen-bond acceptors (Lipinski definition) is 4. The highest BCUT2D eigenvalue weighted by Crippen LogP contribution is 2.25. The van der Waals surface area contributed by atoms with Crippen LogP contribution in [0, 0.1) is 17.5 Å². The maximum atomic E-state index is 13.3. The van der Waals surface area contributed by atoms with E-state index in [-0.39, 0.29) is 6.07 Å². The van der Waals surface area contributed by atoms with E-state index >= 15 is 0 Å². The number of amides is 1. The molecule has 5 nitrogen and oxygen atoms in total. The lowest BCUT2D eigenvalue weighted by Gasteiger charge is -2.07. The SMILES string of the molecule is COC(=O)CNC(=O)c1cc(F)c(F)c(O)c1F. The molecule has 0 atom stereocenters. The molecule has 1 amide bonds. The van der Waals surface area contributed by atoms with Crippen molar-refractivity contribution in [3.05, 3.63) is 29.1 Å². The number of carbonyl (C=O) groups excluding carboxylic acids is 2. The highest BCUT2D eigenvalue weighted by Gasteiger charge is 2.22. The van der Waals surface area contributed by atoms with E-state index in [0.29, 0.717) is 0 Å². The van der Waals surface area contributed by atoms with Gasteiger partial charge in [0.1, 0.15) is 6.54 Å². The number of esters is 1. The minimum absolute atomic E-state index is 0.275. The Morgan fingerprint density at radius 1 is 1.33 bits per heavy atom. The molecule has 18 heavy (non-hydrogen) atoms. The zero-order valence-electron chi connectivity index (χ0n) is 9.09. The minimum atomic E-state index is -1.79. The number of hydrogen-bond donors (Lipinski definition) is 2. The first-order chi connectivity index (χ1) is 8.38. The molecule has 0 aliphatic heterocycles. The van der Waals surface area contributed by atoms with Crippen molar-refractivity contribution in [1.82, 2.24) is 5.32 Å². The van der Waals surface area contributed by atoms with E-state index in [0.717, 1.165) is 7.11 Å². The lowest BCUT2D eigenvalue weighted by Crippen LogP contribution is -2.30. The molecule has 98 valence electrons. The normalized spacial score (nSPS) is 10.0. The van der Waals surface area contributed by atoms with Gasteiger partial charge in [-0.2, -0.15) is 4.39 Å². The van der Waals surface area contributed by atoms with Crippen molar-refractivity contribution in [1.29, 1.82) is 0 Å². The Balaban J connectivity index is 2.97. The van der Waals surface area contributed by atoms with Crippen molar-refractivity contribution in [2.75, 3.05) is 13.7 Å². The largest absolute Gasteiger partial charge is 0.503 e. The van der Waals surface area contributed by atoms with Crippen molar-refractivity contribution in [3.8, 4) is 5.75 Å². The smallest absolute Gasteiger partial charge is 0.325 e. The predicted octanol–water partition coefficient (Wildman–Crippen LogP) is 0.712. The summed E-state index contributed by atoms with van der Waals surface area (Å²) in [7, 11) is 1.07. The van der Waals surface area contributed by atoms with E-state index in [1.165, 1.54) is 0 Å². The molecule has 0 aromatic heterocycles. The van der Waals surface area contributed by atoms with Gasteiger partial charge in [-0.3, -0.25) is 9.59 Å². The maximum absolute atomic E-state index is 13.3. The lowest BCUT2D eigenvalue weighted by molar-refractivity contribution is -0.139. The molecule has 8 heteroatoms. The fraction of sp³-hybridized carbons (Fsp3) is 0.200. The number of ether oxygens (including phenoxy) is 1. The zero-order valence-corrected chi connectivity index (χ0v) is 9.09. The molecule has 0 radical (unpaired) electrons. The van der Waals surface area contributed by atoms with Gasteiger partial charge in [0.05, 0.1) is 12.7 Å². The summed E-state index contributed by atoms with van der Waals surface area (Å²) >= 11 is 0. The average Bonchev–Trinajstić information content (AvgIpc) is 2.37. The highest BCUT2D eigenvalue weighted by atomic mass is 19.2. The summed E-state index contributed by atoms with van der Waals surface area (Å²) in [4.78, 5) is 22.0. The number of carbonyl (C=O) groups is 2. The molecule has 0 fully saturated rings. The molecule has 0 unspecified atom stereocenters. The summed E-state index contributed by atoms with van der Waals surface area (Å²) in [5.41, 5.74) is -0.921. The van der Waals surface area contributed by atoms with Gasteiger partial charge in [-0.15, -0.1) is 0 Å². The fourth-order valence-corrected chi connectivity index (χ4v) is 1.08. The summed E-state index contributed by atoms with van der Waals surface area (Å²) in [6.07, 6.45) is 0. The average molecular weight is 263 g/mol. The Morgan fingerprint density at radius 3 is 2.50 bits per heavy atom. The number of halogens is 3. The van der Waals surface area contributed by atoms with Gasteiger partial charge in [-0.25, -0.2) is 8.78 Å². The second-order valence-corrected chi connectivity index (χ2v) is 3.14. The number of phenols is 1. The topological polar surface area (TPSA) is 75.6 Å². The van der Waals surface area contributed by atoms with E-state index in [1.807, 2.05) is 5.32 Å². The molecule has 0 aliphatic carbocycles. The summed E-state index contributed by atoms with van der Waals surface area (Å²) in [5.74, 6) is -8.59. The second kappa shape index (κ2) is 5.39. The van der Waals surface area contributed by atoms with Crippen LogP contribution in [0.5, 0.6) is 5.75 Å². The van der Waals surface area contributed by atoms with E-state index < -0.39 is 47.2 Å². The number of phenolic OH excluding ortho intramolecular Hbond substituents is 1. The molecular formula is C10H8F3NO4. The molecule has 1 rings (SSSR count). The third kappa shape index (κ3) is 2.70. The van der Waals surface area contributed by atoms with Crippen LogP contribution < -0.4 is 5.32 Å². The van der Waals surface area contributed by atoms with Crippen molar-refractivity contribution in [2.24, 2.45) is 0 Å². The number of rotatable bonds is 3. The number of nitrogens with one attached hydrogen (secondary N) is 1. The van der Waals surface area contributed by atoms with Crippen LogP contribution in [0.25, 0.3) is 0 Å². The van der Waals surface area contributed by atoms with Crippen LogP contribution in [0.3, 0.4) is 0 Å². The van der Waals surface area contributed by atoms with Crippen LogP contribution in [0.15, 0.2) is 6.07 Å². The van der Waals surface area contributed by atoms with Gasteiger partial charge in [-0.1, -0.05) is 0 Å². The molecule has 0 aliphatic rings. The van der Waals surface area contributed by atoms with Crippen LogP contribution in [0.2, 0.25) is 0 Å². The number of aromatic hydroxyl groups is 1. The van der Waals surface area contributed by atoms with Crippen molar-refractivity contribution in [2.45, 2.75) is 0 Å². The van der Waals surface area contributed by atoms with E-state index in [1.54, 1.807) is 0 Å². The van der Waals surface area contributed by atoms with Gasteiger partial charge in [-0.05, 0) is 6.07 Å². The maximum Gasteiger partial charge on any atom is 0.325 e. The van der Waals surface area contributed by atoms with Gasteiger partial charge >= 0.3 is 5.97 Å². The van der Waals surface area contributed by atoms with Crippen LogP contribution in [0.1, 0.15) is 10.4 Å². The highest BCUT2D eigenvalue weighted by molar-refractivity contribution is 5.96. The number of methoxy groups -OCH3 is 1. The Kier molecular flexibility index (Phi) is 4.13. The van der Waals surface area contributed by atoms with Crippen LogP contribution in [0.4, 0.5) is 13.2 Å². The fourth-order valence-electron chi connectivity index (χ4n) is 1.08. The molecule has 0 bridgehead atoms. The van der Waals surface area contributed by atoms with Crippen molar-refractivity contribution < 1.29 is 32.6 Å². The van der Waals surface area contributed by atoms with Crippen LogP contribution >= 0.6 is 0 Å². The van der Waals surface area contributed by atoms with Gasteiger partial charge in [0.2, 0.25) is 5.82 Å². The molecule has 0 heterocycles. The zero-order chi connectivity index (χ0) is 13.9.